The number of para-hydroxylation sites is 2. The molecule has 5 heterocycles. The molecule has 82 heavy (non-hydrogen) atoms. The van der Waals surface area contributed by atoms with Crippen molar-refractivity contribution in [3.05, 3.63) is 304 Å². The largest absolute Gasteiger partial charge is 0.310 e. The van der Waals surface area contributed by atoms with E-state index in [9.17, 15) is 8.22 Å². The number of hydrogen-bond acceptors (Lipinski definition) is 4. The Labute approximate surface area is 488 Å². The van der Waals surface area contributed by atoms with Crippen LogP contribution < -0.4 is 26.2 Å². The molecule has 2 aliphatic heterocycles. The second-order valence-electron chi connectivity index (χ2n) is 20.7. The van der Waals surface area contributed by atoms with Crippen LogP contribution in [-0.2, 0) is 0 Å². The molecular weight excluding hydrogens is 994 g/mol. The van der Waals surface area contributed by atoms with E-state index in [2.05, 4.69) is 131 Å². The fourth-order valence-corrected chi connectivity index (χ4v) is 12.6. The Hall–Kier alpha value is -10.8. The van der Waals surface area contributed by atoms with Crippen LogP contribution in [-0.4, -0.2) is 21.2 Å². The second kappa shape index (κ2) is 19.5. The van der Waals surface area contributed by atoms with Crippen LogP contribution in [0.25, 0.3) is 94.3 Å². The lowest BCUT2D eigenvalue weighted by Gasteiger charge is -2.46. The van der Waals surface area contributed by atoms with Crippen molar-refractivity contribution in [2.45, 2.75) is 0 Å². The molecule has 3 aromatic heterocycles. The Morgan fingerprint density at radius 3 is 1.00 bits per heavy atom. The maximum atomic E-state index is 9.91. The predicted octanol–water partition coefficient (Wildman–Crippen LogP) is 17.7. The number of benzene rings is 11. The van der Waals surface area contributed by atoms with Gasteiger partial charge >= 0.3 is 0 Å². The first kappa shape index (κ1) is 39.5. The highest BCUT2D eigenvalue weighted by Gasteiger charge is 2.46. The average molecular weight is 1050 g/mol. The van der Waals surface area contributed by atoms with Gasteiger partial charge < -0.3 is 14.4 Å². The summed E-state index contributed by atoms with van der Waals surface area (Å²) in [6.07, 6.45) is 7.67. The van der Waals surface area contributed by atoms with E-state index < -0.39 is 55.1 Å². The van der Waals surface area contributed by atoms with Gasteiger partial charge in [-0.15, -0.1) is 0 Å². The van der Waals surface area contributed by atoms with Gasteiger partial charge in [0, 0.05) is 80.6 Å². The molecule has 11 aromatic carbocycles. The lowest BCUT2D eigenvalue weighted by molar-refractivity contribution is 1.16. The third-order valence-electron chi connectivity index (χ3n) is 16.2. The summed E-state index contributed by atoms with van der Waals surface area (Å²) < 4.78 is 77.5. The van der Waals surface area contributed by atoms with Crippen LogP contribution in [0.2, 0.25) is 0 Å². The standard InChI is InChI=1S/C76H50BN5/c1-7-23-51(24-8-1)57-39-41-66-70(43-57)81(75-62(53-27-11-3-12-28-53)47-78-48-63(75)54-29-13-4-14-30-54)72-45-59(80-68-37-21-19-35-60(68)61-36-20-22-38-69(61)80)46-73-74(72)77(66)67-42-40-58(52-25-9-2-10-26-52)44-71(67)82(73)76-64(55-31-15-5-16-32-55)49-79-50-65(76)56-33-17-6-18-34-56/h1-50H/i19D,20D,21D,22D,35D,36D,37D,38D. The Bertz CT molecular complexity index is 4800. The Morgan fingerprint density at radius 2 is 0.646 bits per heavy atom. The van der Waals surface area contributed by atoms with Crippen molar-refractivity contribution in [2.24, 2.45) is 0 Å². The summed E-state index contributed by atoms with van der Waals surface area (Å²) in [6, 6.07) is 75.6. The number of pyridine rings is 2. The molecule has 0 saturated heterocycles. The number of fused-ring (bicyclic) bond motifs is 7. The van der Waals surface area contributed by atoms with E-state index in [4.69, 9.17) is 12.7 Å². The molecule has 0 amide bonds. The SMILES string of the molecule is [2H]c1c([2H])c([2H])c2c(c1[2H])c1c([2H])c([2H])c([2H])c([2H])c1n2-c1cc2c3c(c1)N(c1c(-c4ccccc4)cncc1-c1ccccc1)c1cc(-c4ccccc4)ccc1B3c1ccc(-c3ccccc3)cc1N2c1c(-c2ccccc2)cncc1-c1ccccc1. The molecule has 0 fully saturated rings. The number of hydrogen-bond donors (Lipinski definition) is 0. The molecule has 6 heteroatoms. The summed E-state index contributed by atoms with van der Waals surface area (Å²) in [6.45, 7) is -0.465. The van der Waals surface area contributed by atoms with Gasteiger partial charge in [-0.05, 0) is 97.2 Å². The second-order valence-corrected chi connectivity index (χ2v) is 20.7. The number of anilines is 6. The molecule has 0 N–H and O–H groups in total. The normalized spacial score (nSPS) is 13.7. The topological polar surface area (TPSA) is 37.2 Å². The molecule has 14 aromatic rings. The third-order valence-corrected chi connectivity index (χ3v) is 16.2. The van der Waals surface area contributed by atoms with Crippen molar-refractivity contribution in [1.82, 2.24) is 14.5 Å². The van der Waals surface area contributed by atoms with Gasteiger partial charge in [-0.25, -0.2) is 0 Å². The van der Waals surface area contributed by atoms with Gasteiger partial charge in [0.25, 0.3) is 6.71 Å². The van der Waals surface area contributed by atoms with Crippen molar-refractivity contribution in [2.75, 3.05) is 9.80 Å². The molecular formula is C76H50BN5. The minimum Gasteiger partial charge on any atom is -0.310 e. The minimum atomic E-state index is -0.518. The molecule has 0 unspecified atom stereocenters. The van der Waals surface area contributed by atoms with Crippen LogP contribution in [0.15, 0.2) is 304 Å². The van der Waals surface area contributed by atoms with Crippen LogP contribution in [0.4, 0.5) is 34.1 Å². The zero-order chi connectivity index (χ0) is 61.1. The highest BCUT2D eigenvalue weighted by atomic mass is 15.2. The maximum absolute atomic E-state index is 9.91. The summed E-state index contributed by atoms with van der Waals surface area (Å²) in [5.74, 6) is 0. The van der Waals surface area contributed by atoms with E-state index in [1.807, 2.05) is 134 Å². The summed E-state index contributed by atoms with van der Waals surface area (Å²) in [4.78, 5) is 14.7. The van der Waals surface area contributed by atoms with E-state index in [1.165, 1.54) is 0 Å². The van der Waals surface area contributed by atoms with Gasteiger partial charge in [0.05, 0.1) is 39.1 Å². The van der Waals surface area contributed by atoms with E-state index in [1.54, 1.807) is 4.57 Å². The first-order valence-electron chi connectivity index (χ1n) is 31.4. The average Bonchev–Trinajstić information content (AvgIpc) is 1.18. The first-order chi connectivity index (χ1) is 44.0. The minimum absolute atomic E-state index is 0.00710. The molecule has 382 valence electrons. The van der Waals surface area contributed by atoms with Crippen LogP contribution >= 0.6 is 0 Å². The van der Waals surface area contributed by atoms with Crippen molar-refractivity contribution in [1.29, 1.82) is 0 Å². The highest BCUT2D eigenvalue weighted by Crippen LogP contribution is 2.54. The van der Waals surface area contributed by atoms with Gasteiger partial charge in [-0.2, -0.15) is 0 Å². The van der Waals surface area contributed by atoms with E-state index in [-0.39, 0.29) is 21.8 Å². The van der Waals surface area contributed by atoms with Crippen molar-refractivity contribution >= 4 is 79.0 Å². The first-order valence-corrected chi connectivity index (χ1v) is 27.4. The van der Waals surface area contributed by atoms with Crippen LogP contribution in [0.3, 0.4) is 0 Å². The summed E-state index contributed by atoms with van der Waals surface area (Å²) in [5.41, 5.74) is 19.1. The van der Waals surface area contributed by atoms with Gasteiger partial charge in [0.15, 0.2) is 0 Å². The number of aromatic nitrogens is 3. The van der Waals surface area contributed by atoms with E-state index >= 15 is 0 Å². The van der Waals surface area contributed by atoms with Crippen LogP contribution in [0.5, 0.6) is 0 Å². The lowest BCUT2D eigenvalue weighted by Crippen LogP contribution is -2.61. The quantitative estimate of drug-likeness (QED) is 0.135. The van der Waals surface area contributed by atoms with Crippen molar-refractivity contribution < 1.29 is 11.0 Å². The van der Waals surface area contributed by atoms with E-state index in [0.717, 1.165) is 106 Å². The van der Waals surface area contributed by atoms with Gasteiger partial charge in [-0.3, -0.25) is 9.97 Å². The monoisotopic (exact) mass is 1050 g/mol. The number of nitrogens with zero attached hydrogens (tertiary/aromatic N) is 5. The molecule has 16 rings (SSSR count). The van der Waals surface area contributed by atoms with Gasteiger partial charge in [-0.1, -0.05) is 243 Å². The summed E-state index contributed by atoms with van der Waals surface area (Å²) in [5, 5.41) is -0.0363. The van der Waals surface area contributed by atoms with Crippen molar-refractivity contribution in [3.63, 3.8) is 0 Å². The Morgan fingerprint density at radius 1 is 0.317 bits per heavy atom. The Balaban J connectivity index is 1.15. The fraction of sp³-hybridized carbons (Fsp3) is 0. The fourth-order valence-electron chi connectivity index (χ4n) is 12.6. The Kier molecular flexibility index (Phi) is 9.41. The molecule has 0 spiro atoms. The predicted molar refractivity (Wildman–Crippen MR) is 343 cm³/mol. The van der Waals surface area contributed by atoms with E-state index in [0.29, 0.717) is 17.1 Å². The van der Waals surface area contributed by atoms with Crippen LogP contribution in [0, 0.1) is 0 Å². The molecule has 0 bridgehead atoms. The summed E-state index contributed by atoms with van der Waals surface area (Å²) in [7, 11) is 0. The maximum Gasteiger partial charge on any atom is 0.252 e. The molecule has 0 radical (unpaired) electrons. The highest BCUT2D eigenvalue weighted by molar-refractivity contribution is 7.00. The zero-order valence-corrected chi connectivity index (χ0v) is 44.1. The van der Waals surface area contributed by atoms with Crippen molar-refractivity contribution in [3.8, 4) is 72.4 Å². The van der Waals surface area contributed by atoms with Crippen LogP contribution in [0.1, 0.15) is 11.0 Å². The lowest BCUT2D eigenvalue weighted by atomic mass is 9.33. The molecule has 2 aliphatic rings. The molecule has 0 aliphatic carbocycles. The summed E-state index contributed by atoms with van der Waals surface area (Å²) >= 11 is 0. The molecule has 0 atom stereocenters. The van der Waals surface area contributed by atoms with Gasteiger partial charge in [0.2, 0.25) is 0 Å². The molecule has 0 saturated carbocycles. The van der Waals surface area contributed by atoms with Gasteiger partial charge in [0.1, 0.15) is 0 Å². The third kappa shape index (κ3) is 7.64. The molecule has 5 nitrogen and oxygen atoms in total. The smallest absolute Gasteiger partial charge is 0.252 e. The number of rotatable bonds is 9. The zero-order valence-electron chi connectivity index (χ0n) is 52.1.